The number of urea groups is 2. The normalized spacial score (nSPS) is 22.1. The van der Waals surface area contributed by atoms with E-state index < -0.39 is 12.1 Å². The number of nitrogens with one attached hydrogen (secondary N) is 4. The average molecular weight is 343 g/mol. The van der Waals surface area contributed by atoms with Crippen molar-refractivity contribution in [1.82, 2.24) is 26.2 Å². The second kappa shape index (κ2) is 9.43. The summed E-state index contributed by atoms with van der Waals surface area (Å²) in [5.41, 5.74) is 0. The van der Waals surface area contributed by atoms with Gasteiger partial charge in [0, 0.05) is 32.8 Å². The number of rotatable bonds is 6. The van der Waals surface area contributed by atoms with Gasteiger partial charge in [-0.3, -0.25) is 15.0 Å². The van der Waals surface area contributed by atoms with Gasteiger partial charge in [-0.05, 0) is 27.7 Å². The van der Waals surface area contributed by atoms with Gasteiger partial charge < -0.3 is 20.7 Å². The molecule has 4 N–H and O–H groups in total. The van der Waals surface area contributed by atoms with E-state index >= 15 is 0 Å². The number of likely N-dealkylation sites (tertiary alicyclic amines) is 1. The maximum atomic E-state index is 12.2. The zero-order chi connectivity index (χ0) is 18.3. The summed E-state index contributed by atoms with van der Waals surface area (Å²) in [6.07, 6.45) is -0.215. The molecule has 1 aliphatic rings. The molecule has 0 aliphatic carbocycles. The van der Waals surface area contributed by atoms with Crippen molar-refractivity contribution in [2.45, 2.75) is 51.9 Å². The first-order chi connectivity index (χ1) is 11.3. The smallest absolute Gasteiger partial charge is 0.321 e. The molecule has 138 valence electrons. The average Bonchev–Trinajstić information content (AvgIpc) is 2.88. The summed E-state index contributed by atoms with van der Waals surface area (Å²) < 4.78 is 5.40. The summed E-state index contributed by atoms with van der Waals surface area (Å²) in [4.78, 5) is 37.4. The lowest BCUT2D eigenvalue weighted by Crippen LogP contribution is -2.51. The van der Waals surface area contributed by atoms with E-state index in [0.29, 0.717) is 19.6 Å². The predicted octanol–water partition coefficient (Wildman–Crippen LogP) is -0.373. The third kappa shape index (κ3) is 5.97. The molecule has 0 saturated carbocycles. The fourth-order valence-corrected chi connectivity index (χ4v) is 2.56. The Morgan fingerprint density at radius 2 is 1.83 bits per heavy atom. The molecular formula is C15H29N5O4. The van der Waals surface area contributed by atoms with E-state index in [1.54, 1.807) is 14.0 Å². The zero-order valence-electron chi connectivity index (χ0n) is 15.0. The molecule has 2 unspecified atom stereocenters. The second-order valence-corrected chi connectivity index (χ2v) is 6.13. The maximum absolute atomic E-state index is 12.2. The van der Waals surface area contributed by atoms with Crippen LogP contribution in [0.15, 0.2) is 0 Å². The molecule has 1 heterocycles. The summed E-state index contributed by atoms with van der Waals surface area (Å²) in [5, 5.41) is 10.4. The van der Waals surface area contributed by atoms with Crippen LogP contribution in [0.4, 0.5) is 9.59 Å². The van der Waals surface area contributed by atoms with E-state index in [0.717, 1.165) is 0 Å². The molecule has 0 aromatic carbocycles. The van der Waals surface area contributed by atoms with E-state index in [1.165, 1.54) is 0 Å². The summed E-state index contributed by atoms with van der Waals surface area (Å²) in [6.45, 7) is 8.68. The molecule has 3 atom stereocenters. The minimum absolute atomic E-state index is 0.0524. The summed E-state index contributed by atoms with van der Waals surface area (Å²) in [7, 11) is 1.57. The van der Waals surface area contributed by atoms with Gasteiger partial charge in [-0.25, -0.2) is 9.59 Å². The molecule has 1 fully saturated rings. The molecule has 9 heteroatoms. The zero-order valence-corrected chi connectivity index (χ0v) is 15.0. The number of nitrogens with zero attached hydrogens (tertiary/aromatic N) is 1. The molecule has 1 aliphatic heterocycles. The minimum atomic E-state index is -0.513. The van der Waals surface area contributed by atoms with Crippen LogP contribution < -0.4 is 21.3 Å². The van der Waals surface area contributed by atoms with Crippen LogP contribution in [-0.4, -0.2) is 73.8 Å². The number of methoxy groups -OCH3 is 1. The fraction of sp³-hybridized carbons (Fsp3) is 0.800. The molecule has 24 heavy (non-hydrogen) atoms. The Labute approximate surface area is 142 Å². The van der Waals surface area contributed by atoms with E-state index in [9.17, 15) is 14.4 Å². The van der Waals surface area contributed by atoms with Crippen LogP contribution >= 0.6 is 0 Å². The number of hydrogen-bond donors (Lipinski definition) is 4. The van der Waals surface area contributed by atoms with Crippen molar-refractivity contribution < 1.29 is 19.1 Å². The molecule has 0 aromatic rings. The molecule has 0 bridgehead atoms. The third-order valence-electron chi connectivity index (χ3n) is 3.83. The van der Waals surface area contributed by atoms with Gasteiger partial charge in [0.05, 0.1) is 18.2 Å². The highest BCUT2D eigenvalue weighted by atomic mass is 16.5. The SMILES string of the molecule is CCNC(=O)NC1CN(C(C)C(=O)NC(=O)NC(C)C)C[C@H]1OC. The van der Waals surface area contributed by atoms with Gasteiger partial charge in [-0.2, -0.15) is 0 Å². The van der Waals surface area contributed by atoms with Crippen molar-refractivity contribution >= 4 is 18.0 Å². The second-order valence-electron chi connectivity index (χ2n) is 6.13. The highest BCUT2D eigenvalue weighted by Crippen LogP contribution is 2.16. The molecule has 1 rings (SSSR count). The lowest BCUT2D eigenvalue weighted by Gasteiger charge is -2.23. The van der Waals surface area contributed by atoms with Crippen molar-refractivity contribution in [3.8, 4) is 0 Å². The Kier molecular flexibility index (Phi) is 7.93. The van der Waals surface area contributed by atoms with Gasteiger partial charge in [-0.1, -0.05) is 0 Å². The minimum Gasteiger partial charge on any atom is -0.378 e. The van der Waals surface area contributed by atoms with Crippen molar-refractivity contribution in [2.75, 3.05) is 26.7 Å². The fourth-order valence-electron chi connectivity index (χ4n) is 2.56. The number of hydrogen-bond acceptors (Lipinski definition) is 5. The number of ether oxygens (including phenoxy) is 1. The van der Waals surface area contributed by atoms with Crippen LogP contribution in [0.1, 0.15) is 27.7 Å². The Morgan fingerprint density at radius 1 is 1.17 bits per heavy atom. The number of imide groups is 1. The summed E-state index contributed by atoms with van der Waals surface area (Å²) >= 11 is 0. The molecule has 0 spiro atoms. The Hall–Kier alpha value is -1.87. The van der Waals surface area contributed by atoms with Gasteiger partial charge in [0.2, 0.25) is 5.91 Å². The van der Waals surface area contributed by atoms with Crippen LogP contribution in [0, 0.1) is 0 Å². The van der Waals surface area contributed by atoms with Gasteiger partial charge >= 0.3 is 12.1 Å². The lowest BCUT2D eigenvalue weighted by molar-refractivity contribution is -0.124. The molecular weight excluding hydrogens is 314 g/mol. The molecule has 1 saturated heterocycles. The van der Waals surface area contributed by atoms with E-state index in [2.05, 4.69) is 21.3 Å². The first-order valence-electron chi connectivity index (χ1n) is 8.21. The number of carbonyl (C=O) groups is 3. The van der Waals surface area contributed by atoms with Crippen molar-refractivity contribution in [3.05, 3.63) is 0 Å². The quantitative estimate of drug-likeness (QED) is 0.526. The monoisotopic (exact) mass is 343 g/mol. The molecule has 0 aromatic heterocycles. The van der Waals surface area contributed by atoms with Gasteiger partial charge in [0.25, 0.3) is 0 Å². The van der Waals surface area contributed by atoms with Crippen molar-refractivity contribution in [1.29, 1.82) is 0 Å². The van der Waals surface area contributed by atoms with Crippen LogP contribution in [0.3, 0.4) is 0 Å². The molecule has 0 radical (unpaired) electrons. The topological polar surface area (TPSA) is 112 Å². The third-order valence-corrected chi connectivity index (χ3v) is 3.83. The van der Waals surface area contributed by atoms with Gasteiger partial charge in [0.15, 0.2) is 0 Å². The van der Waals surface area contributed by atoms with Crippen molar-refractivity contribution in [2.24, 2.45) is 0 Å². The Balaban J connectivity index is 2.58. The van der Waals surface area contributed by atoms with Gasteiger partial charge in [0.1, 0.15) is 0 Å². The lowest BCUT2D eigenvalue weighted by atomic mass is 10.2. The van der Waals surface area contributed by atoms with Crippen LogP contribution in [0.5, 0.6) is 0 Å². The van der Waals surface area contributed by atoms with Gasteiger partial charge in [-0.15, -0.1) is 0 Å². The van der Waals surface area contributed by atoms with E-state index in [4.69, 9.17) is 4.74 Å². The molecule has 9 nitrogen and oxygen atoms in total. The van der Waals surface area contributed by atoms with Crippen LogP contribution in [0.25, 0.3) is 0 Å². The molecule has 5 amide bonds. The van der Waals surface area contributed by atoms with Crippen LogP contribution in [0.2, 0.25) is 0 Å². The first kappa shape index (κ1) is 20.2. The highest BCUT2D eigenvalue weighted by Gasteiger charge is 2.38. The summed E-state index contributed by atoms with van der Waals surface area (Å²) in [5.74, 6) is -0.387. The Bertz CT molecular complexity index is 457. The van der Waals surface area contributed by atoms with E-state index in [1.807, 2.05) is 25.7 Å². The standard InChI is InChI=1S/C15H29N5O4/c1-6-16-14(22)18-11-7-20(8-12(11)24-5)10(4)13(21)19-15(23)17-9(2)3/h9-12H,6-8H2,1-5H3,(H2,16,18,22)(H2,17,19,21,23)/t10?,11?,12-/m1/s1. The maximum Gasteiger partial charge on any atom is 0.321 e. The first-order valence-corrected chi connectivity index (χ1v) is 8.21. The summed E-state index contributed by atoms with van der Waals surface area (Å²) in [6, 6.07) is -1.56. The largest absolute Gasteiger partial charge is 0.378 e. The van der Waals surface area contributed by atoms with Crippen molar-refractivity contribution in [3.63, 3.8) is 0 Å². The number of amides is 5. The highest BCUT2D eigenvalue weighted by molar-refractivity contribution is 5.96. The predicted molar refractivity (Wildman–Crippen MR) is 89.6 cm³/mol. The van der Waals surface area contributed by atoms with E-state index in [-0.39, 0.29) is 30.1 Å². The Morgan fingerprint density at radius 3 is 2.38 bits per heavy atom. The van der Waals surface area contributed by atoms with Crippen LogP contribution in [-0.2, 0) is 9.53 Å². The number of carbonyl (C=O) groups excluding carboxylic acids is 3.